The molecule has 1 heterocycles. The van der Waals surface area contributed by atoms with E-state index in [4.69, 9.17) is 5.11 Å². The molecule has 1 aromatic heterocycles. The molecule has 3 N–H and O–H groups in total. The van der Waals surface area contributed by atoms with Gasteiger partial charge in [-0.3, -0.25) is 4.79 Å². The smallest absolute Gasteiger partial charge is 0.326 e. The van der Waals surface area contributed by atoms with E-state index in [1.165, 1.54) is 12.4 Å². The standard InChI is InChI=1S/C10H15N3O3/c1-6(2)5-7(10(15)16)13-9(14)8-11-3-4-12-8/h3-4,6-7H,5H2,1-2H3,(H,11,12)(H,13,14)(H,15,16)/t7-/m0/s1. The van der Waals surface area contributed by atoms with Crippen LogP contribution in [0.5, 0.6) is 0 Å². The summed E-state index contributed by atoms with van der Waals surface area (Å²) >= 11 is 0. The number of nitrogens with one attached hydrogen (secondary N) is 2. The van der Waals surface area contributed by atoms with E-state index in [2.05, 4.69) is 15.3 Å². The van der Waals surface area contributed by atoms with Gasteiger partial charge >= 0.3 is 5.97 Å². The van der Waals surface area contributed by atoms with Crippen molar-refractivity contribution in [3.05, 3.63) is 18.2 Å². The van der Waals surface area contributed by atoms with Gasteiger partial charge in [0.15, 0.2) is 5.82 Å². The largest absolute Gasteiger partial charge is 0.480 e. The zero-order chi connectivity index (χ0) is 12.1. The number of aromatic nitrogens is 2. The molecule has 88 valence electrons. The monoisotopic (exact) mass is 225 g/mol. The van der Waals surface area contributed by atoms with Crippen molar-refractivity contribution in [1.29, 1.82) is 0 Å². The molecule has 0 aliphatic heterocycles. The lowest BCUT2D eigenvalue weighted by Crippen LogP contribution is -2.42. The number of carboxylic acid groups (broad SMARTS) is 1. The second-order valence-corrected chi connectivity index (χ2v) is 3.93. The molecule has 0 aliphatic rings. The number of H-pyrrole nitrogens is 1. The van der Waals surface area contributed by atoms with Crippen LogP contribution in [0.2, 0.25) is 0 Å². The average Bonchev–Trinajstić information content (AvgIpc) is 2.68. The highest BCUT2D eigenvalue weighted by molar-refractivity contribution is 5.93. The Morgan fingerprint density at radius 1 is 1.56 bits per heavy atom. The van der Waals surface area contributed by atoms with Crippen LogP contribution in [0.15, 0.2) is 12.4 Å². The molecule has 0 fully saturated rings. The minimum absolute atomic E-state index is 0.120. The molecule has 0 saturated carbocycles. The maximum absolute atomic E-state index is 11.5. The lowest BCUT2D eigenvalue weighted by Gasteiger charge is -2.15. The highest BCUT2D eigenvalue weighted by Crippen LogP contribution is 2.05. The normalized spacial score (nSPS) is 12.4. The third-order valence-electron chi connectivity index (χ3n) is 2.02. The predicted octanol–water partition coefficient (Wildman–Crippen LogP) is 0.639. The summed E-state index contributed by atoms with van der Waals surface area (Å²) in [6.07, 6.45) is 3.34. The first-order valence-electron chi connectivity index (χ1n) is 5.03. The molecule has 6 nitrogen and oxygen atoms in total. The van der Waals surface area contributed by atoms with Crippen LogP contribution in [-0.4, -0.2) is 33.0 Å². The third-order valence-corrected chi connectivity index (χ3v) is 2.02. The van der Waals surface area contributed by atoms with Crippen molar-refractivity contribution in [1.82, 2.24) is 15.3 Å². The number of amides is 1. The second-order valence-electron chi connectivity index (χ2n) is 3.93. The first-order valence-corrected chi connectivity index (χ1v) is 5.03. The van der Waals surface area contributed by atoms with Gasteiger partial charge in [-0.2, -0.15) is 0 Å². The molecule has 1 rings (SSSR count). The first kappa shape index (κ1) is 12.2. The van der Waals surface area contributed by atoms with E-state index in [9.17, 15) is 9.59 Å². The number of carboxylic acids is 1. The number of carbonyl (C=O) groups is 2. The molecule has 1 aromatic rings. The van der Waals surface area contributed by atoms with Gasteiger partial charge in [-0.05, 0) is 12.3 Å². The van der Waals surface area contributed by atoms with Crippen LogP contribution in [0.4, 0.5) is 0 Å². The van der Waals surface area contributed by atoms with Crippen molar-refractivity contribution in [2.24, 2.45) is 5.92 Å². The van der Waals surface area contributed by atoms with Crippen molar-refractivity contribution < 1.29 is 14.7 Å². The maximum Gasteiger partial charge on any atom is 0.326 e. The van der Waals surface area contributed by atoms with Crippen molar-refractivity contribution >= 4 is 11.9 Å². The van der Waals surface area contributed by atoms with Gasteiger partial charge in [0.1, 0.15) is 6.04 Å². The van der Waals surface area contributed by atoms with Gasteiger partial charge in [0.25, 0.3) is 5.91 Å². The van der Waals surface area contributed by atoms with Crippen molar-refractivity contribution in [3.8, 4) is 0 Å². The Hall–Kier alpha value is -1.85. The van der Waals surface area contributed by atoms with Crippen LogP contribution < -0.4 is 5.32 Å². The fraction of sp³-hybridized carbons (Fsp3) is 0.500. The lowest BCUT2D eigenvalue weighted by molar-refractivity contribution is -0.139. The Balaban J connectivity index is 2.62. The molecule has 1 atom stereocenters. The number of hydrogen-bond acceptors (Lipinski definition) is 3. The number of hydrogen-bond donors (Lipinski definition) is 3. The fourth-order valence-corrected chi connectivity index (χ4v) is 1.31. The fourth-order valence-electron chi connectivity index (χ4n) is 1.31. The summed E-state index contributed by atoms with van der Waals surface area (Å²) in [6, 6.07) is -0.877. The summed E-state index contributed by atoms with van der Waals surface area (Å²) in [5.41, 5.74) is 0. The Kier molecular flexibility index (Phi) is 4.04. The van der Waals surface area contributed by atoms with E-state index in [-0.39, 0.29) is 11.7 Å². The molecule has 0 aliphatic carbocycles. The van der Waals surface area contributed by atoms with Gasteiger partial charge in [0, 0.05) is 12.4 Å². The van der Waals surface area contributed by atoms with Gasteiger partial charge in [0.2, 0.25) is 0 Å². The lowest BCUT2D eigenvalue weighted by atomic mass is 10.0. The number of nitrogens with zero attached hydrogens (tertiary/aromatic N) is 1. The summed E-state index contributed by atoms with van der Waals surface area (Å²) < 4.78 is 0. The Bertz CT molecular complexity index is 359. The Morgan fingerprint density at radius 3 is 2.69 bits per heavy atom. The summed E-state index contributed by atoms with van der Waals surface area (Å²) in [6.45, 7) is 3.80. The van der Waals surface area contributed by atoms with Crippen molar-refractivity contribution in [2.75, 3.05) is 0 Å². The van der Waals surface area contributed by atoms with E-state index < -0.39 is 17.9 Å². The quantitative estimate of drug-likeness (QED) is 0.685. The van der Waals surface area contributed by atoms with Crippen LogP contribution in [0, 0.1) is 5.92 Å². The van der Waals surface area contributed by atoms with Crippen molar-refractivity contribution in [3.63, 3.8) is 0 Å². The van der Waals surface area contributed by atoms with Gasteiger partial charge in [-0.25, -0.2) is 9.78 Å². The topological polar surface area (TPSA) is 95.1 Å². The van der Waals surface area contributed by atoms with E-state index in [1.54, 1.807) is 0 Å². The molecule has 16 heavy (non-hydrogen) atoms. The van der Waals surface area contributed by atoms with Crippen LogP contribution in [0.3, 0.4) is 0 Å². The van der Waals surface area contributed by atoms with Crippen molar-refractivity contribution in [2.45, 2.75) is 26.3 Å². The van der Waals surface area contributed by atoms with E-state index >= 15 is 0 Å². The minimum atomic E-state index is -1.03. The molecular weight excluding hydrogens is 210 g/mol. The van der Waals surface area contributed by atoms with Crippen LogP contribution in [-0.2, 0) is 4.79 Å². The van der Waals surface area contributed by atoms with Gasteiger partial charge in [0.05, 0.1) is 0 Å². The summed E-state index contributed by atoms with van der Waals surface area (Å²) in [5, 5.41) is 11.3. The summed E-state index contributed by atoms with van der Waals surface area (Å²) in [7, 11) is 0. The molecule has 0 aromatic carbocycles. The van der Waals surface area contributed by atoms with Crippen LogP contribution in [0.25, 0.3) is 0 Å². The SMILES string of the molecule is CC(C)C[C@H](NC(=O)c1ncc[nH]1)C(=O)O. The van der Waals surface area contributed by atoms with Crippen LogP contribution >= 0.6 is 0 Å². The van der Waals surface area contributed by atoms with Gasteiger partial charge in [-0.15, -0.1) is 0 Å². The minimum Gasteiger partial charge on any atom is -0.480 e. The molecule has 0 spiro atoms. The number of aromatic amines is 1. The first-order chi connectivity index (χ1) is 7.50. The number of rotatable bonds is 5. The molecule has 0 unspecified atom stereocenters. The molecule has 1 amide bonds. The Morgan fingerprint density at radius 2 is 2.25 bits per heavy atom. The summed E-state index contributed by atoms with van der Waals surface area (Å²) in [5.74, 6) is -1.22. The van der Waals surface area contributed by atoms with E-state index in [1.807, 2.05) is 13.8 Å². The maximum atomic E-state index is 11.5. The molecule has 0 bridgehead atoms. The third kappa shape index (κ3) is 3.38. The van der Waals surface area contributed by atoms with Gasteiger partial charge < -0.3 is 15.4 Å². The van der Waals surface area contributed by atoms with E-state index in [0.29, 0.717) is 6.42 Å². The number of imidazole rings is 1. The molecule has 6 heteroatoms. The zero-order valence-corrected chi connectivity index (χ0v) is 9.23. The molecule has 0 radical (unpaired) electrons. The average molecular weight is 225 g/mol. The Labute approximate surface area is 93.1 Å². The van der Waals surface area contributed by atoms with E-state index in [0.717, 1.165) is 0 Å². The second kappa shape index (κ2) is 5.29. The molecular formula is C10H15N3O3. The van der Waals surface area contributed by atoms with Gasteiger partial charge in [-0.1, -0.05) is 13.8 Å². The molecule has 0 saturated heterocycles. The van der Waals surface area contributed by atoms with Crippen LogP contribution in [0.1, 0.15) is 30.9 Å². The highest BCUT2D eigenvalue weighted by atomic mass is 16.4. The predicted molar refractivity (Wildman–Crippen MR) is 56.9 cm³/mol. The zero-order valence-electron chi connectivity index (χ0n) is 9.23. The number of carbonyl (C=O) groups excluding carboxylic acids is 1. The highest BCUT2D eigenvalue weighted by Gasteiger charge is 2.22. The summed E-state index contributed by atoms with van der Waals surface area (Å²) in [4.78, 5) is 28.8. The number of aliphatic carboxylic acids is 1.